The largest absolute Gasteiger partial charge is 0.496 e. The molecule has 1 amide bonds. The Morgan fingerprint density at radius 2 is 2.00 bits per heavy atom. The molecule has 3 rings (SSSR count). The predicted molar refractivity (Wildman–Crippen MR) is 103 cm³/mol. The van der Waals surface area contributed by atoms with Crippen molar-refractivity contribution in [1.82, 2.24) is 10.2 Å². The fourth-order valence-electron chi connectivity index (χ4n) is 4.16. The zero-order chi connectivity index (χ0) is 18.7. The van der Waals surface area contributed by atoms with Crippen LogP contribution in [-0.4, -0.2) is 57.8 Å². The van der Waals surface area contributed by atoms with E-state index in [2.05, 4.69) is 43.4 Å². The fourth-order valence-corrected chi connectivity index (χ4v) is 4.16. The molecule has 1 aliphatic heterocycles. The van der Waals surface area contributed by atoms with Gasteiger partial charge in [-0.05, 0) is 52.8 Å². The summed E-state index contributed by atoms with van der Waals surface area (Å²) in [4.78, 5) is 14.8. The molecule has 1 N–H and O–H groups in total. The highest BCUT2D eigenvalue weighted by Crippen LogP contribution is 2.40. The van der Waals surface area contributed by atoms with Crippen molar-refractivity contribution >= 4 is 5.91 Å². The standard InChI is InChI=1S/C21H32N2O3/c1-15-5-6-19(25-4)18(11-15)21(7-9-26-10-8-21)14-22-20(24)16-12-17(13-16)23(2)3/h5-6,11,16-17H,7-10,12-14H2,1-4H3,(H,22,24). The van der Waals surface area contributed by atoms with Gasteiger partial charge in [0.2, 0.25) is 5.91 Å². The van der Waals surface area contributed by atoms with Crippen molar-refractivity contribution in [3.63, 3.8) is 0 Å². The molecule has 1 aromatic carbocycles. The van der Waals surface area contributed by atoms with E-state index >= 15 is 0 Å². The van der Waals surface area contributed by atoms with Crippen LogP contribution in [0.5, 0.6) is 5.75 Å². The molecule has 1 saturated carbocycles. The van der Waals surface area contributed by atoms with Gasteiger partial charge >= 0.3 is 0 Å². The molecular formula is C21H32N2O3. The minimum absolute atomic E-state index is 0.115. The van der Waals surface area contributed by atoms with Gasteiger partial charge < -0.3 is 19.7 Å². The van der Waals surface area contributed by atoms with Crippen molar-refractivity contribution in [2.45, 2.75) is 44.1 Å². The first-order valence-electron chi connectivity index (χ1n) is 9.62. The lowest BCUT2D eigenvalue weighted by Crippen LogP contribution is -2.50. The topological polar surface area (TPSA) is 50.8 Å². The van der Waals surface area contributed by atoms with Crippen LogP contribution in [0, 0.1) is 12.8 Å². The lowest BCUT2D eigenvalue weighted by atomic mass is 9.72. The van der Waals surface area contributed by atoms with Crippen LogP contribution >= 0.6 is 0 Å². The molecule has 26 heavy (non-hydrogen) atoms. The van der Waals surface area contributed by atoms with Gasteiger partial charge in [0.05, 0.1) is 7.11 Å². The summed E-state index contributed by atoms with van der Waals surface area (Å²) in [5, 5.41) is 3.26. The second-order valence-corrected chi connectivity index (χ2v) is 8.10. The molecule has 1 aliphatic carbocycles. The Hall–Kier alpha value is -1.59. The Morgan fingerprint density at radius 1 is 1.31 bits per heavy atom. The van der Waals surface area contributed by atoms with Gasteiger partial charge in [0.15, 0.2) is 0 Å². The van der Waals surface area contributed by atoms with Crippen molar-refractivity contribution < 1.29 is 14.3 Å². The zero-order valence-electron chi connectivity index (χ0n) is 16.5. The minimum atomic E-state index is -0.115. The highest BCUT2D eigenvalue weighted by atomic mass is 16.5. The molecule has 144 valence electrons. The summed E-state index contributed by atoms with van der Waals surface area (Å²) in [5.41, 5.74) is 2.30. The molecule has 2 fully saturated rings. The molecular weight excluding hydrogens is 328 g/mol. The Morgan fingerprint density at radius 3 is 2.62 bits per heavy atom. The van der Waals surface area contributed by atoms with Gasteiger partial charge in [0.1, 0.15) is 5.75 Å². The predicted octanol–water partition coefficient (Wildman–Crippen LogP) is 2.51. The van der Waals surface area contributed by atoms with Crippen LogP contribution in [0.25, 0.3) is 0 Å². The van der Waals surface area contributed by atoms with Gasteiger partial charge in [0, 0.05) is 42.7 Å². The fraction of sp³-hybridized carbons (Fsp3) is 0.667. The second kappa shape index (κ2) is 7.97. The molecule has 1 aromatic rings. The van der Waals surface area contributed by atoms with Crippen molar-refractivity contribution in [2.24, 2.45) is 5.92 Å². The van der Waals surface area contributed by atoms with E-state index < -0.39 is 0 Å². The monoisotopic (exact) mass is 360 g/mol. The van der Waals surface area contributed by atoms with Crippen LogP contribution in [0.3, 0.4) is 0 Å². The first-order valence-corrected chi connectivity index (χ1v) is 9.62. The molecule has 5 nitrogen and oxygen atoms in total. The first-order chi connectivity index (χ1) is 12.4. The summed E-state index contributed by atoms with van der Waals surface area (Å²) in [7, 11) is 5.88. The maximum atomic E-state index is 12.6. The van der Waals surface area contributed by atoms with Gasteiger partial charge in [-0.15, -0.1) is 0 Å². The minimum Gasteiger partial charge on any atom is -0.496 e. The Bertz CT molecular complexity index is 632. The maximum absolute atomic E-state index is 12.6. The van der Waals surface area contributed by atoms with E-state index in [0.717, 1.165) is 44.6 Å². The van der Waals surface area contributed by atoms with Crippen molar-refractivity contribution in [3.05, 3.63) is 29.3 Å². The number of nitrogens with zero attached hydrogens (tertiary/aromatic N) is 1. The molecule has 0 spiro atoms. The normalized spacial score (nSPS) is 24.8. The summed E-state index contributed by atoms with van der Waals surface area (Å²) in [5.74, 6) is 1.25. The SMILES string of the molecule is COc1ccc(C)cc1C1(CNC(=O)C2CC(N(C)C)C2)CCOCC1. The number of benzene rings is 1. The van der Waals surface area contributed by atoms with Crippen LogP contribution in [0.4, 0.5) is 0 Å². The number of ether oxygens (including phenoxy) is 2. The number of rotatable bonds is 6. The van der Waals surface area contributed by atoms with E-state index in [4.69, 9.17) is 9.47 Å². The molecule has 0 atom stereocenters. The van der Waals surface area contributed by atoms with Crippen LogP contribution in [0.1, 0.15) is 36.8 Å². The van der Waals surface area contributed by atoms with E-state index in [1.54, 1.807) is 7.11 Å². The van der Waals surface area contributed by atoms with Crippen molar-refractivity contribution in [2.75, 3.05) is 41.0 Å². The zero-order valence-corrected chi connectivity index (χ0v) is 16.5. The third-order valence-corrected chi connectivity index (χ3v) is 6.19. The maximum Gasteiger partial charge on any atom is 0.223 e. The quantitative estimate of drug-likeness (QED) is 0.847. The van der Waals surface area contributed by atoms with E-state index in [1.807, 2.05) is 6.07 Å². The highest BCUT2D eigenvalue weighted by molar-refractivity contribution is 5.79. The summed E-state index contributed by atoms with van der Waals surface area (Å²) >= 11 is 0. The van der Waals surface area contributed by atoms with Gasteiger partial charge in [-0.3, -0.25) is 4.79 Å². The van der Waals surface area contributed by atoms with Gasteiger partial charge in [-0.25, -0.2) is 0 Å². The number of carbonyl (C=O) groups excluding carboxylic acids is 1. The summed E-state index contributed by atoms with van der Waals surface area (Å²) < 4.78 is 11.3. The molecule has 0 unspecified atom stereocenters. The van der Waals surface area contributed by atoms with Crippen molar-refractivity contribution in [1.29, 1.82) is 0 Å². The first kappa shape index (κ1) is 19.2. The van der Waals surface area contributed by atoms with Gasteiger partial charge in [0.25, 0.3) is 0 Å². The van der Waals surface area contributed by atoms with E-state index in [9.17, 15) is 4.79 Å². The number of carbonyl (C=O) groups is 1. The summed E-state index contributed by atoms with van der Waals surface area (Å²) in [6, 6.07) is 6.86. The number of aryl methyl sites for hydroxylation is 1. The number of hydrogen-bond donors (Lipinski definition) is 1. The van der Waals surface area contributed by atoms with Crippen LogP contribution in [0.2, 0.25) is 0 Å². The smallest absolute Gasteiger partial charge is 0.223 e. The molecule has 0 bridgehead atoms. The Balaban J connectivity index is 1.73. The van der Waals surface area contributed by atoms with Gasteiger partial charge in [-0.2, -0.15) is 0 Å². The average molecular weight is 360 g/mol. The summed E-state index contributed by atoms with van der Waals surface area (Å²) in [6.07, 6.45) is 3.72. The van der Waals surface area contributed by atoms with Crippen LogP contribution in [0.15, 0.2) is 18.2 Å². The van der Waals surface area contributed by atoms with E-state index in [0.29, 0.717) is 12.6 Å². The number of hydrogen-bond acceptors (Lipinski definition) is 4. The highest BCUT2D eigenvalue weighted by Gasteiger charge is 2.40. The molecule has 0 radical (unpaired) electrons. The summed E-state index contributed by atoms with van der Waals surface area (Å²) in [6.45, 7) is 4.20. The lowest BCUT2D eigenvalue weighted by Gasteiger charge is -2.41. The Labute approximate surface area is 157 Å². The van der Waals surface area contributed by atoms with Crippen LogP contribution < -0.4 is 10.1 Å². The second-order valence-electron chi connectivity index (χ2n) is 8.10. The Kier molecular flexibility index (Phi) is 5.88. The third kappa shape index (κ3) is 3.89. The number of nitrogens with one attached hydrogen (secondary N) is 1. The lowest BCUT2D eigenvalue weighted by molar-refractivity contribution is -0.129. The van der Waals surface area contributed by atoms with E-state index in [-0.39, 0.29) is 17.2 Å². The van der Waals surface area contributed by atoms with Crippen molar-refractivity contribution in [3.8, 4) is 5.75 Å². The van der Waals surface area contributed by atoms with Gasteiger partial charge in [-0.1, -0.05) is 17.7 Å². The van der Waals surface area contributed by atoms with E-state index in [1.165, 1.54) is 11.1 Å². The third-order valence-electron chi connectivity index (χ3n) is 6.19. The van der Waals surface area contributed by atoms with Crippen LogP contribution in [-0.2, 0) is 14.9 Å². The molecule has 1 saturated heterocycles. The molecule has 5 heteroatoms. The average Bonchev–Trinajstić information content (AvgIpc) is 2.59. The molecule has 2 aliphatic rings. The number of methoxy groups -OCH3 is 1. The molecule has 1 heterocycles. The molecule has 0 aromatic heterocycles. The number of amides is 1.